The Kier molecular flexibility index (Phi) is 5.89. The van der Waals surface area contributed by atoms with Gasteiger partial charge in [0.1, 0.15) is 12.4 Å². The van der Waals surface area contributed by atoms with Crippen molar-refractivity contribution in [2.45, 2.75) is 33.7 Å². The number of ether oxygens (including phenoxy) is 1. The summed E-state index contributed by atoms with van der Waals surface area (Å²) in [6.45, 7) is 13.7. The monoisotopic (exact) mass is 311 g/mol. The summed E-state index contributed by atoms with van der Waals surface area (Å²) in [5.74, 6) is 0.902. The van der Waals surface area contributed by atoms with Gasteiger partial charge in [-0.15, -0.1) is 0 Å². The van der Waals surface area contributed by atoms with Crippen LogP contribution in [0.5, 0.6) is 5.75 Å². The van der Waals surface area contributed by atoms with E-state index in [4.69, 9.17) is 4.74 Å². The molecular formula is C15H22BrNO. The van der Waals surface area contributed by atoms with E-state index in [1.807, 2.05) is 12.1 Å². The Morgan fingerprint density at radius 2 is 1.89 bits per heavy atom. The van der Waals surface area contributed by atoms with Gasteiger partial charge < -0.3 is 10.1 Å². The zero-order chi connectivity index (χ0) is 13.7. The number of benzene rings is 1. The van der Waals surface area contributed by atoms with Crippen LogP contribution < -0.4 is 10.1 Å². The molecule has 0 amide bonds. The zero-order valence-electron chi connectivity index (χ0n) is 11.6. The summed E-state index contributed by atoms with van der Waals surface area (Å²) >= 11 is 3.55. The lowest BCUT2D eigenvalue weighted by Gasteiger charge is -2.13. The van der Waals surface area contributed by atoms with E-state index in [1.165, 1.54) is 11.1 Å². The predicted molar refractivity (Wildman–Crippen MR) is 81.4 cm³/mol. The molecule has 0 radical (unpaired) electrons. The highest BCUT2D eigenvalue weighted by molar-refractivity contribution is 9.10. The van der Waals surface area contributed by atoms with Crippen LogP contribution in [0.4, 0.5) is 0 Å². The fraction of sp³-hybridized carbons (Fsp3) is 0.467. The SMILES string of the molecule is C=C(CNC(C)C)COc1cc(C)c(Br)c(C)c1. The van der Waals surface area contributed by atoms with Crippen molar-refractivity contribution in [1.29, 1.82) is 0 Å². The van der Waals surface area contributed by atoms with Crippen molar-refractivity contribution >= 4 is 15.9 Å². The number of hydrogen-bond acceptors (Lipinski definition) is 2. The van der Waals surface area contributed by atoms with Gasteiger partial charge in [-0.1, -0.05) is 36.4 Å². The van der Waals surface area contributed by atoms with Gasteiger partial charge in [-0.3, -0.25) is 0 Å². The summed E-state index contributed by atoms with van der Waals surface area (Å²) in [6.07, 6.45) is 0. The highest BCUT2D eigenvalue weighted by Crippen LogP contribution is 2.26. The topological polar surface area (TPSA) is 21.3 Å². The van der Waals surface area contributed by atoms with Crippen LogP contribution in [0.3, 0.4) is 0 Å². The maximum absolute atomic E-state index is 5.76. The Morgan fingerprint density at radius 1 is 1.33 bits per heavy atom. The van der Waals surface area contributed by atoms with Crippen molar-refractivity contribution in [2.75, 3.05) is 13.2 Å². The highest BCUT2D eigenvalue weighted by atomic mass is 79.9. The summed E-state index contributed by atoms with van der Waals surface area (Å²) in [5, 5.41) is 3.33. The van der Waals surface area contributed by atoms with Crippen LogP contribution in [0.1, 0.15) is 25.0 Å². The van der Waals surface area contributed by atoms with Crippen molar-refractivity contribution < 1.29 is 4.74 Å². The van der Waals surface area contributed by atoms with E-state index in [-0.39, 0.29) is 0 Å². The Bertz CT molecular complexity index is 403. The van der Waals surface area contributed by atoms with E-state index in [2.05, 4.69) is 55.5 Å². The molecule has 0 saturated carbocycles. The lowest BCUT2D eigenvalue weighted by molar-refractivity contribution is 0.346. The minimum Gasteiger partial charge on any atom is -0.489 e. The van der Waals surface area contributed by atoms with Gasteiger partial charge in [0.15, 0.2) is 0 Å². The molecule has 18 heavy (non-hydrogen) atoms. The Morgan fingerprint density at radius 3 is 2.39 bits per heavy atom. The van der Waals surface area contributed by atoms with Gasteiger partial charge >= 0.3 is 0 Å². The summed E-state index contributed by atoms with van der Waals surface area (Å²) in [4.78, 5) is 0. The average Bonchev–Trinajstić information content (AvgIpc) is 2.30. The van der Waals surface area contributed by atoms with Crippen molar-refractivity contribution in [3.63, 3.8) is 0 Å². The molecule has 0 bridgehead atoms. The van der Waals surface area contributed by atoms with Crippen molar-refractivity contribution in [1.82, 2.24) is 5.32 Å². The molecule has 0 heterocycles. The fourth-order valence-corrected chi connectivity index (χ4v) is 1.80. The molecule has 3 heteroatoms. The van der Waals surface area contributed by atoms with E-state index in [1.54, 1.807) is 0 Å². The van der Waals surface area contributed by atoms with Gasteiger partial charge in [0.05, 0.1) is 0 Å². The molecule has 2 nitrogen and oxygen atoms in total. The van der Waals surface area contributed by atoms with E-state index in [0.717, 1.165) is 22.3 Å². The van der Waals surface area contributed by atoms with E-state index >= 15 is 0 Å². The standard InChI is InChI=1S/C15H22BrNO/c1-10(2)17-8-11(3)9-18-14-6-12(4)15(16)13(5)7-14/h6-7,10,17H,3,8-9H2,1-2,4-5H3. The van der Waals surface area contributed by atoms with Crippen LogP contribution in [0.15, 0.2) is 28.8 Å². The van der Waals surface area contributed by atoms with E-state index < -0.39 is 0 Å². The van der Waals surface area contributed by atoms with Gasteiger partial charge in [0, 0.05) is 17.1 Å². The molecule has 0 aromatic heterocycles. The van der Waals surface area contributed by atoms with Crippen molar-refractivity contribution in [2.24, 2.45) is 0 Å². The second-order valence-corrected chi connectivity index (χ2v) is 5.74. The minimum atomic E-state index is 0.471. The second kappa shape index (κ2) is 6.95. The van der Waals surface area contributed by atoms with Gasteiger partial charge in [-0.25, -0.2) is 0 Å². The molecule has 1 rings (SSSR count). The molecule has 0 aliphatic heterocycles. The zero-order valence-corrected chi connectivity index (χ0v) is 13.2. The molecule has 0 fully saturated rings. The molecule has 0 spiro atoms. The Labute approximate surface area is 119 Å². The van der Waals surface area contributed by atoms with E-state index in [0.29, 0.717) is 12.6 Å². The van der Waals surface area contributed by atoms with Gasteiger partial charge in [-0.2, -0.15) is 0 Å². The molecule has 0 saturated heterocycles. The molecule has 1 aromatic carbocycles. The first-order valence-corrected chi connectivity index (χ1v) is 6.99. The van der Waals surface area contributed by atoms with Crippen LogP contribution in [0.2, 0.25) is 0 Å². The van der Waals surface area contributed by atoms with Crippen LogP contribution >= 0.6 is 15.9 Å². The lowest BCUT2D eigenvalue weighted by atomic mass is 10.1. The minimum absolute atomic E-state index is 0.471. The molecule has 100 valence electrons. The predicted octanol–water partition coefficient (Wildman–Crippen LogP) is 4.00. The fourth-order valence-electron chi connectivity index (χ4n) is 1.57. The molecule has 0 unspecified atom stereocenters. The van der Waals surface area contributed by atoms with Crippen molar-refractivity contribution in [3.8, 4) is 5.75 Å². The van der Waals surface area contributed by atoms with Crippen LogP contribution in [-0.2, 0) is 0 Å². The molecular weight excluding hydrogens is 290 g/mol. The van der Waals surface area contributed by atoms with Crippen LogP contribution in [-0.4, -0.2) is 19.2 Å². The van der Waals surface area contributed by atoms with Crippen LogP contribution in [0.25, 0.3) is 0 Å². The second-order valence-electron chi connectivity index (χ2n) is 4.95. The molecule has 0 atom stereocenters. The summed E-state index contributed by atoms with van der Waals surface area (Å²) in [6, 6.07) is 4.56. The third-order valence-electron chi connectivity index (χ3n) is 2.61. The number of nitrogens with one attached hydrogen (secondary N) is 1. The number of hydrogen-bond donors (Lipinski definition) is 1. The van der Waals surface area contributed by atoms with Gasteiger partial charge in [0.2, 0.25) is 0 Å². The maximum atomic E-state index is 5.76. The first-order valence-electron chi connectivity index (χ1n) is 6.19. The summed E-state index contributed by atoms with van der Waals surface area (Å²) in [5.41, 5.74) is 3.44. The molecule has 0 aliphatic rings. The number of rotatable bonds is 6. The molecule has 1 aromatic rings. The molecule has 0 aliphatic carbocycles. The normalized spacial score (nSPS) is 10.8. The lowest BCUT2D eigenvalue weighted by Crippen LogP contribution is -2.26. The number of halogens is 1. The Balaban J connectivity index is 2.51. The maximum Gasteiger partial charge on any atom is 0.120 e. The first-order chi connectivity index (χ1) is 8.40. The highest BCUT2D eigenvalue weighted by Gasteiger charge is 2.04. The van der Waals surface area contributed by atoms with Crippen LogP contribution in [0, 0.1) is 13.8 Å². The molecule has 1 N–H and O–H groups in total. The average molecular weight is 312 g/mol. The largest absolute Gasteiger partial charge is 0.489 e. The number of aryl methyl sites for hydroxylation is 2. The first kappa shape index (κ1) is 15.3. The third-order valence-corrected chi connectivity index (χ3v) is 3.86. The summed E-state index contributed by atoms with van der Waals surface area (Å²) in [7, 11) is 0. The van der Waals surface area contributed by atoms with Gasteiger partial charge in [0.25, 0.3) is 0 Å². The Hall–Kier alpha value is -0.800. The third kappa shape index (κ3) is 4.83. The summed E-state index contributed by atoms with van der Waals surface area (Å²) < 4.78 is 6.90. The van der Waals surface area contributed by atoms with E-state index in [9.17, 15) is 0 Å². The van der Waals surface area contributed by atoms with Gasteiger partial charge in [-0.05, 0) is 42.7 Å². The smallest absolute Gasteiger partial charge is 0.120 e. The quantitative estimate of drug-likeness (QED) is 0.802. The van der Waals surface area contributed by atoms with Crippen molar-refractivity contribution in [3.05, 3.63) is 39.9 Å².